The third-order valence-corrected chi connectivity index (χ3v) is 3.43. The molecule has 20 heavy (non-hydrogen) atoms. The third kappa shape index (κ3) is 4.05. The summed E-state index contributed by atoms with van der Waals surface area (Å²) < 4.78 is 8.00. The molecule has 1 aromatic carbocycles. The number of nitrogens with zero attached hydrogens (tertiary/aromatic N) is 3. The number of ether oxygens (including phenoxy) is 1. The Morgan fingerprint density at radius 2 is 2.20 bits per heavy atom. The summed E-state index contributed by atoms with van der Waals surface area (Å²) in [6, 6.07) is 6.43. The Balaban J connectivity index is 2.01. The summed E-state index contributed by atoms with van der Waals surface area (Å²) in [4.78, 5) is 4.29. The molecule has 0 aliphatic carbocycles. The first-order chi connectivity index (χ1) is 9.58. The fourth-order valence-electron chi connectivity index (χ4n) is 1.78. The van der Waals surface area contributed by atoms with E-state index in [0.29, 0.717) is 19.1 Å². The average Bonchev–Trinajstić information content (AvgIpc) is 2.84. The molecule has 0 saturated carbocycles. The number of halogens is 1. The van der Waals surface area contributed by atoms with Crippen molar-refractivity contribution < 1.29 is 4.74 Å². The van der Waals surface area contributed by atoms with E-state index in [-0.39, 0.29) is 0 Å². The molecule has 1 aromatic heterocycles. The molecular formula is C14H19BrN4O. The van der Waals surface area contributed by atoms with E-state index in [2.05, 4.69) is 45.2 Å². The van der Waals surface area contributed by atoms with Crippen molar-refractivity contribution in [3.05, 3.63) is 40.4 Å². The highest BCUT2D eigenvalue weighted by Gasteiger charge is 2.05. The van der Waals surface area contributed by atoms with E-state index in [1.165, 1.54) is 0 Å². The van der Waals surface area contributed by atoms with Gasteiger partial charge in [-0.05, 0) is 33.6 Å². The van der Waals surface area contributed by atoms with Crippen LogP contribution in [0.25, 0.3) is 0 Å². The standard InChI is InChI=1S/C14H19BrN4O/c1-10(2)16-7-14-17-9-19(18-14)8-11-4-5-13(20-3)12(15)6-11/h4-6,9-10,16H,7-8H2,1-3H3. The van der Waals surface area contributed by atoms with Crippen LogP contribution in [0.5, 0.6) is 5.75 Å². The lowest BCUT2D eigenvalue weighted by molar-refractivity contribution is 0.412. The fraction of sp³-hybridized carbons (Fsp3) is 0.429. The molecule has 1 heterocycles. The lowest BCUT2D eigenvalue weighted by atomic mass is 10.2. The minimum atomic E-state index is 0.430. The Labute approximate surface area is 127 Å². The van der Waals surface area contributed by atoms with Crippen LogP contribution in [0.3, 0.4) is 0 Å². The van der Waals surface area contributed by atoms with Crippen molar-refractivity contribution in [2.75, 3.05) is 7.11 Å². The molecule has 0 bridgehead atoms. The van der Waals surface area contributed by atoms with Crippen molar-refractivity contribution in [2.24, 2.45) is 0 Å². The van der Waals surface area contributed by atoms with Gasteiger partial charge in [0.1, 0.15) is 12.1 Å². The molecule has 0 aliphatic heterocycles. The highest BCUT2D eigenvalue weighted by molar-refractivity contribution is 9.10. The number of benzene rings is 1. The van der Waals surface area contributed by atoms with Crippen molar-refractivity contribution in [1.82, 2.24) is 20.1 Å². The van der Waals surface area contributed by atoms with E-state index in [1.54, 1.807) is 13.4 Å². The monoisotopic (exact) mass is 338 g/mol. The van der Waals surface area contributed by atoms with E-state index in [0.717, 1.165) is 21.6 Å². The third-order valence-electron chi connectivity index (χ3n) is 2.81. The van der Waals surface area contributed by atoms with E-state index >= 15 is 0 Å². The normalized spacial score (nSPS) is 11.1. The smallest absolute Gasteiger partial charge is 0.164 e. The summed E-state index contributed by atoms with van der Waals surface area (Å²) in [7, 11) is 1.66. The van der Waals surface area contributed by atoms with Crippen LogP contribution in [-0.2, 0) is 13.1 Å². The maximum absolute atomic E-state index is 5.22. The molecule has 6 heteroatoms. The molecule has 0 radical (unpaired) electrons. The van der Waals surface area contributed by atoms with Gasteiger partial charge in [-0.2, -0.15) is 5.10 Å². The molecule has 0 spiro atoms. The molecule has 5 nitrogen and oxygen atoms in total. The zero-order chi connectivity index (χ0) is 14.5. The Hall–Kier alpha value is -1.40. The van der Waals surface area contributed by atoms with Gasteiger partial charge in [-0.25, -0.2) is 9.67 Å². The lowest BCUT2D eigenvalue weighted by Gasteiger charge is -2.06. The molecule has 0 amide bonds. The quantitative estimate of drug-likeness (QED) is 0.879. The predicted octanol–water partition coefficient (Wildman–Crippen LogP) is 2.60. The van der Waals surface area contributed by atoms with Crippen molar-refractivity contribution >= 4 is 15.9 Å². The number of methoxy groups -OCH3 is 1. The predicted molar refractivity (Wildman–Crippen MR) is 81.8 cm³/mol. The molecule has 0 saturated heterocycles. The maximum Gasteiger partial charge on any atom is 0.164 e. The van der Waals surface area contributed by atoms with Crippen LogP contribution in [0, 0.1) is 0 Å². The molecule has 1 N–H and O–H groups in total. The van der Waals surface area contributed by atoms with Crippen molar-refractivity contribution in [3.63, 3.8) is 0 Å². The second kappa shape index (κ2) is 6.85. The summed E-state index contributed by atoms with van der Waals surface area (Å²) >= 11 is 3.49. The number of nitrogens with one attached hydrogen (secondary N) is 1. The van der Waals surface area contributed by atoms with E-state index in [4.69, 9.17) is 4.74 Å². The average molecular weight is 339 g/mol. The number of hydrogen-bond donors (Lipinski definition) is 1. The minimum absolute atomic E-state index is 0.430. The molecule has 0 atom stereocenters. The Morgan fingerprint density at radius 3 is 2.85 bits per heavy atom. The van der Waals surface area contributed by atoms with E-state index in [9.17, 15) is 0 Å². The van der Waals surface area contributed by atoms with Gasteiger partial charge in [0.25, 0.3) is 0 Å². The molecule has 0 aliphatic rings. The van der Waals surface area contributed by atoms with E-state index in [1.807, 2.05) is 22.9 Å². The van der Waals surface area contributed by atoms with Crippen LogP contribution in [0.4, 0.5) is 0 Å². The Morgan fingerprint density at radius 1 is 1.40 bits per heavy atom. The second-order valence-corrected chi connectivity index (χ2v) is 5.72. The number of aromatic nitrogens is 3. The van der Waals surface area contributed by atoms with Gasteiger partial charge in [-0.15, -0.1) is 0 Å². The van der Waals surface area contributed by atoms with Gasteiger partial charge in [-0.1, -0.05) is 19.9 Å². The zero-order valence-corrected chi connectivity index (χ0v) is 13.5. The van der Waals surface area contributed by atoms with Gasteiger partial charge < -0.3 is 10.1 Å². The SMILES string of the molecule is COc1ccc(Cn2cnc(CNC(C)C)n2)cc1Br. The first-order valence-electron chi connectivity index (χ1n) is 6.52. The van der Waals surface area contributed by atoms with Crippen LogP contribution < -0.4 is 10.1 Å². The fourth-order valence-corrected chi connectivity index (χ4v) is 2.37. The molecular weight excluding hydrogens is 320 g/mol. The summed E-state index contributed by atoms with van der Waals surface area (Å²) in [6.07, 6.45) is 1.76. The number of rotatable bonds is 6. The molecule has 2 aromatic rings. The topological polar surface area (TPSA) is 52.0 Å². The summed E-state index contributed by atoms with van der Waals surface area (Å²) in [6.45, 7) is 5.59. The van der Waals surface area contributed by atoms with Crippen LogP contribution in [0.15, 0.2) is 29.0 Å². The highest BCUT2D eigenvalue weighted by Crippen LogP contribution is 2.25. The van der Waals surface area contributed by atoms with Gasteiger partial charge in [0.15, 0.2) is 5.82 Å². The summed E-state index contributed by atoms with van der Waals surface area (Å²) in [5.74, 6) is 1.64. The molecule has 2 rings (SSSR count). The van der Waals surface area contributed by atoms with E-state index < -0.39 is 0 Å². The van der Waals surface area contributed by atoms with Gasteiger partial charge in [-0.3, -0.25) is 0 Å². The van der Waals surface area contributed by atoms with Crippen molar-refractivity contribution in [3.8, 4) is 5.75 Å². The summed E-state index contributed by atoms with van der Waals surface area (Å²) in [5.41, 5.74) is 1.14. The zero-order valence-electron chi connectivity index (χ0n) is 11.9. The molecule has 108 valence electrons. The van der Waals surface area contributed by atoms with Crippen LogP contribution in [-0.4, -0.2) is 27.9 Å². The molecule has 0 fully saturated rings. The van der Waals surface area contributed by atoms with Gasteiger partial charge in [0.05, 0.1) is 24.7 Å². The Kier molecular flexibility index (Phi) is 5.14. The Bertz CT molecular complexity index is 568. The summed E-state index contributed by atoms with van der Waals surface area (Å²) in [5, 5.41) is 7.75. The van der Waals surface area contributed by atoms with Crippen LogP contribution in [0.1, 0.15) is 25.2 Å². The highest BCUT2D eigenvalue weighted by atomic mass is 79.9. The molecule has 0 unspecified atom stereocenters. The van der Waals surface area contributed by atoms with Gasteiger partial charge in [0, 0.05) is 6.04 Å². The van der Waals surface area contributed by atoms with Gasteiger partial charge in [0.2, 0.25) is 0 Å². The van der Waals surface area contributed by atoms with Gasteiger partial charge >= 0.3 is 0 Å². The largest absolute Gasteiger partial charge is 0.496 e. The first kappa shape index (κ1) is 15.0. The van der Waals surface area contributed by atoms with Crippen molar-refractivity contribution in [2.45, 2.75) is 33.0 Å². The van der Waals surface area contributed by atoms with Crippen LogP contribution >= 0.6 is 15.9 Å². The number of hydrogen-bond acceptors (Lipinski definition) is 4. The maximum atomic E-state index is 5.22. The lowest BCUT2D eigenvalue weighted by Crippen LogP contribution is -2.22. The second-order valence-electron chi connectivity index (χ2n) is 4.86. The minimum Gasteiger partial charge on any atom is -0.496 e. The first-order valence-corrected chi connectivity index (χ1v) is 7.32. The van der Waals surface area contributed by atoms with Crippen LogP contribution in [0.2, 0.25) is 0 Å². The van der Waals surface area contributed by atoms with Crippen molar-refractivity contribution in [1.29, 1.82) is 0 Å².